The summed E-state index contributed by atoms with van der Waals surface area (Å²) < 4.78 is 17.9. The predicted molar refractivity (Wildman–Crippen MR) is 128 cm³/mol. The molecule has 5 nitrogen and oxygen atoms in total. The standard InChI is InChI=1S/C25H30N2O3S/c1-24(2)13-16-12-19(28-7)22-18(14-25(3,4)30-22)20(16)21(26-24)15-9-8-10-17(11-15)29-23(31)27(5)6/h8-12H,13-14H2,1-7H3. The lowest BCUT2D eigenvalue weighted by atomic mass is 9.81. The van der Waals surface area contributed by atoms with E-state index in [1.54, 1.807) is 12.0 Å². The average Bonchev–Trinajstić information content (AvgIpc) is 3.00. The summed E-state index contributed by atoms with van der Waals surface area (Å²) >= 11 is 5.32. The van der Waals surface area contributed by atoms with Crippen LogP contribution in [0.4, 0.5) is 0 Å². The van der Waals surface area contributed by atoms with Crippen molar-refractivity contribution in [3.63, 3.8) is 0 Å². The molecule has 4 rings (SSSR count). The fraction of sp³-hybridized carbons (Fsp3) is 0.440. The maximum Gasteiger partial charge on any atom is 0.264 e. The van der Waals surface area contributed by atoms with Crippen molar-refractivity contribution in [1.82, 2.24) is 4.90 Å². The number of hydrogen-bond acceptors (Lipinski definition) is 5. The lowest BCUT2D eigenvalue weighted by molar-refractivity contribution is 0.134. The van der Waals surface area contributed by atoms with E-state index in [4.69, 9.17) is 31.4 Å². The quantitative estimate of drug-likeness (QED) is 0.644. The molecule has 6 heteroatoms. The minimum absolute atomic E-state index is 0.230. The van der Waals surface area contributed by atoms with Crippen molar-refractivity contribution < 1.29 is 14.2 Å². The largest absolute Gasteiger partial charge is 0.493 e. The van der Waals surface area contributed by atoms with E-state index in [1.165, 1.54) is 11.1 Å². The molecule has 0 aromatic heterocycles. The topological polar surface area (TPSA) is 43.3 Å². The lowest BCUT2D eigenvalue weighted by Gasteiger charge is -2.31. The first-order valence-electron chi connectivity index (χ1n) is 10.5. The van der Waals surface area contributed by atoms with Crippen molar-refractivity contribution in [3.8, 4) is 17.2 Å². The van der Waals surface area contributed by atoms with Crippen LogP contribution in [0.2, 0.25) is 0 Å². The Hall–Kier alpha value is -2.60. The highest BCUT2D eigenvalue weighted by atomic mass is 32.1. The van der Waals surface area contributed by atoms with Gasteiger partial charge in [0.05, 0.1) is 18.4 Å². The van der Waals surface area contributed by atoms with Gasteiger partial charge < -0.3 is 19.1 Å². The molecule has 0 bridgehead atoms. The van der Waals surface area contributed by atoms with Gasteiger partial charge in [0.1, 0.15) is 11.4 Å². The van der Waals surface area contributed by atoms with E-state index in [0.29, 0.717) is 10.9 Å². The Morgan fingerprint density at radius 1 is 1.13 bits per heavy atom. The van der Waals surface area contributed by atoms with E-state index < -0.39 is 0 Å². The molecule has 2 aromatic rings. The summed E-state index contributed by atoms with van der Waals surface area (Å²) in [6, 6.07) is 10.1. The van der Waals surface area contributed by atoms with E-state index in [0.717, 1.165) is 41.2 Å². The molecule has 0 unspecified atom stereocenters. The van der Waals surface area contributed by atoms with Crippen LogP contribution in [-0.2, 0) is 12.8 Å². The summed E-state index contributed by atoms with van der Waals surface area (Å²) in [5.74, 6) is 2.33. The van der Waals surface area contributed by atoms with Crippen molar-refractivity contribution in [2.24, 2.45) is 4.99 Å². The molecule has 0 amide bonds. The minimum atomic E-state index is -0.286. The molecule has 0 N–H and O–H groups in total. The molecule has 0 atom stereocenters. The molecular weight excluding hydrogens is 408 g/mol. The van der Waals surface area contributed by atoms with Gasteiger partial charge in [-0.2, -0.15) is 0 Å². The second-order valence-electron chi connectivity index (χ2n) is 9.70. The number of benzene rings is 2. The van der Waals surface area contributed by atoms with Gasteiger partial charge in [-0.15, -0.1) is 0 Å². The smallest absolute Gasteiger partial charge is 0.264 e. The molecule has 0 radical (unpaired) electrons. The van der Waals surface area contributed by atoms with E-state index in [9.17, 15) is 0 Å². The average molecular weight is 439 g/mol. The second-order valence-corrected chi connectivity index (χ2v) is 10.0. The molecule has 0 aliphatic carbocycles. The van der Waals surface area contributed by atoms with Crippen LogP contribution in [0.1, 0.15) is 49.9 Å². The predicted octanol–water partition coefficient (Wildman–Crippen LogP) is 4.81. The zero-order valence-electron chi connectivity index (χ0n) is 19.3. The van der Waals surface area contributed by atoms with Crippen LogP contribution in [0.25, 0.3) is 0 Å². The number of nitrogens with zero attached hydrogens (tertiary/aromatic N) is 2. The van der Waals surface area contributed by atoms with Crippen LogP contribution in [-0.4, -0.2) is 48.1 Å². The van der Waals surface area contributed by atoms with Crippen molar-refractivity contribution in [3.05, 3.63) is 52.6 Å². The van der Waals surface area contributed by atoms with Gasteiger partial charge in [-0.25, -0.2) is 0 Å². The number of aliphatic imine (C=N–C) groups is 1. The number of thiocarbonyl (C=S) groups is 1. The van der Waals surface area contributed by atoms with Crippen LogP contribution >= 0.6 is 12.2 Å². The number of methoxy groups -OCH3 is 1. The first kappa shape index (κ1) is 21.6. The fourth-order valence-corrected chi connectivity index (χ4v) is 4.42. The highest BCUT2D eigenvalue weighted by Crippen LogP contribution is 2.47. The first-order valence-corrected chi connectivity index (χ1v) is 10.9. The Kier molecular flexibility index (Phi) is 5.24. The summed E-state index contributed by atoms with van der Waals surface area (Å²) in [4.78, 5) is 6.96. The van der Waals surface area contributed by atoms with Gasteiger partial charge in [0, 0.05) is 37.2 Å². The SMILES string of the molecule is COc1cc2c(c3c1OC(C)(C)C3)C(c1cccc(OC(=S)N(C)C)c1)=NC(C)(C)C2. The highest BCUT2D eigenvalue weighted by molar-refractivity contribution is 7.80. The highest BCUT2D eigenvalue weighted by Gasteiger charge is 2.39. The molecule has 0 fully saturated rings. The van der Waals surface area contributed by atoms with E-state index in [-0.39, 0.29) is 11.1 Å². The third-order valence-corrected chi connectivity index (χ3v) is 6.03. The van der Waals surface area contributed by atoms with E-state index in [1.807, 2.05) is 32.3 Å². The molecule has 2 heterocycles. The molecule has 2 aliphatic heterocycles. The van der Waals surface area contributed by atoms with Crippen molar-refractivity contribution in [2.45, 2.75) is 51.7 Å². The number of rotatable bonds is 3. The zero-order chi connectivity index (χ0) is 22.6. The maximum absolute atomic E-state index is 6.29. The summed E-state index contributed by atoms with van der Waals surface area (Å²) in [6.07, 6.45) is 1.65. The fourth-order valence-electron chi connectivity index (χ4n) is 4.33. The van der Waals surface area contributed by atoms with Crippen molar-refractivity contribution in [1.29, 1.82) is 0 Å². The number of hydrogen-bond donors (Lipinski definition) is 0. The summed E-state index contributed by atoms with van der Waals surface area (Å²) in [5, 5.41) is 0.421. The zero-order valence-corrected chi connectivity index (χ0v) is 20.1. The Morgan fingerprint density at radius 3 is 2.55 bits per heavy atom. The van der Waals surface area contributed by atoms with Gasteiger partial charge in [0.2, 0.25) is 0 Å². The molecule has 0 saturated carbocycles. The molecule has 2 aliphatic rings. The molecule has 164 valence electrons. The van der Waals surface area contributed by atoms with Crippen molar-refractivity contribution in [2.75, 3.05) is 21.2 Å². The molecular formula is C25H30N2O3S. The van der Waals surface area contributed by atoms with Gasteiger partial charge >= 0.3 is 0 Å². The number of fused-ring (bicyclic) bond motifs is 3. The third-order valence-electron chi connectivity index (χ3n) is 5.58. The van der Waals surface area contributed by atoms with Crippen LogP contribution < -0.4 is 14.2 Å². The van der Waals surface area contributed by atoms with Gasteiger partial charge in [-0.3, -0.25) is 4.99 Å². The van der Waals surface area contributed by atoms with Crippen molar-refractivity contribution >= 4 is 23.1 Å². The van der Waals surface area contributed by atoms with E-state index >= 15 is 0 Å². The maximum atomic E-state index is 6.29. The van der Waals surface area contributed by atoms with Crippen LogP contribution in [0, 0.1) is 0 Å². The molecule has 0 saturated heterocycles. The van der Waals surface area contributed by atoms with Crippen LogP contribution in [0.15, 0.2) is 35.3 Å². The summed E-state index contributed by atoms with van der Waals surface area (Å²) in [7, 11) is 5.44. The Morgan fingerprint density at radius 2 is 1.87 bits per heavy atom. The van der Waals surface area contributed by atoms with Crippen LogP contribution in [0.5, 0.6) is 17.2 Å². The van der Waals surface area contributed by atoms with Gasteiger partial charge in [0.15, 0.2) is 11.5 Å². The monoisotopic (exact) mass is 438 g/mol. The van der Waals surface area contributed by atoms with Gasteiger partial charge in [-0.1, -0.05) is 12.1 Å². The summed E-state index contributed by atoms with van der Waals surface area (Å²) in [6.45, 7) is 8.55. The normalized spacial score (nSPS) is 17.7. The third kappa shape index (κ3) is 4.13. The Balaban J connectivity index is 1.87. The Labute approximate surface area is 190 Å². The Bertz CT molecular complexity index is 1090. The first-order chi connectivity index (χ1) is 14.5. The van der Waals surface area contributed by atoms with Gasteiger partial charge in [0.25, 0.3) is 5.17 Å². The second kappa shape index (κ2) is 7.52. The number of ether oxygens (including phenoxy) is 3. The molecule has 2 aromatic carbocycles. The lowest BCUT2D eigenvalue weighted by Crippen LogP contribution is -2.30. The minimum Gasteiger partial charge on any atom is -0.493 e. The van der Waals surface area contributed by atoms with Gasteiger partial charge in [-0.05, 0) is 70.1 Å². The molecule has 0 spiro atoms. The molecule has 31 heavy (non-hydrogen) atoms. The summed E-state index contributed by atoms with van der Waals surface area (Å²) in [5.41, 5.74) is 5.02. The van der Waals surface area contributed by atoms with E-state index in [2.05, 4.69) is 39.8 Å². The van der Waals surface area contributed by atoms with Crippen LogP contribution in [0.3, 0.4) is 0 Å².